The third-order valence-electron chi connectivity index (χ3n) is 5.19. The number of rotatable bonds is 5. The van der Waals surface area contributed by atoms with Crippen molar-refractivity contribution < 1.29 is 14.3 Å². The smallest absolute Gasteiger partial charge is 0.270 e. The first-order valence-electron chi connectivity index (χ1n) is 9.27. The van der Waals surface area contributed by atoms with Gasteiger partial charge in [0.1, 0.15) is 5.69 Å². The Kier molecular flexibility index (Phi) is 6.07. The average molecular weight is 392 g/mol. The van der Waals surface area contributed by atoms with Gasteiger partial charge >= 0.3 is 0 Å². The van der Waals surface area contributed by atoms with Crippen LogP contribution in [0.15, 0.2) is 18.2 Å². The number of fused-ring (bicyclic) bond motifs is 1. The van der Waals surface area contributed by atoms with Crippen LogP contribution in [0, 0.1) is 12.8 Å². The number of likely N-dealkylation sites (tertiary alicyclic amines) is 1. The molecule has 2 amide bonds. The lowest BCUT2D eigenvalue weighted by Crippen LogP contribution is -2.45. The third-order valence-corrected chi connectivity index (χ3v) is 5.43. The molecule has 1 aliphatic heterocycles. The monoisotopic (exact) mass is 391 g/mol. The molecule has 1 atom stereocenters. The lowest BCUT2D eigenvalue weighted by Gasteiger charge is -2.31. The van der Waals surface area contributed by atoms with Crippen molar-refractivity contribution in [2.24, 2.45) is 5.92 Å². The Bertz CT molecular complexity index is 840. The second-order valence-corrected chi connectivity index (χ2v) is 7.68. The molecule has 6 nitrogen and oxygen atoms in total. The summed E-state index contributed by atoms with van der Waals surface area (Å²) in [6.07, 6.45) is 1.34. The molecule has 0 radical (unpaired) electrons. The number of hydrogen-bond donors (Lipinski definition) is 2. The highest BCUT2D eigenvalue weighted by molar-refractivity contribution is 6.31. The predicted octanol–water partition coefficient (Wildman–Crippen LogP) is 3.13. The number of aromatic amines is 1. The van der Waals surface area contributed by atoms with Crippen molar-refractivity contribution in [1.82, 2.24) is 15.2 Å². The Morgan fingerprint density at radius 1 is 1.37 bits per heavy atom. The summed E-state index contributed by atoms with van der Waals surface area (Å²) in [7, 11) is 1.62. The topological polar surface area (TPSA) is 74.4 Å². The normalized spacial score (nSPS) is 16.5. The minimum atomic E-state index is -0.0593. The fourth-order valence-corrected chi connectivity index (χ4v) is 3.84. The van der Waals surface area contributed by atoms with Gasteiger partial charge in [-0.05, 0) is 50.5 Å². The van der Waals surface area contributed by atoms with Crippen LogP contribution in [-0.4, -0.2) is 54.5 Å². The van der Waals surface area contributed by atoms with E-state index in [4.69, 9.17) is 16.3 Å². The van der Waals surface area contributed by atoms with E-state index in [2.05, 4.69) is 10.3 Å². The number of amides is 2. The Morgan fingerprint density at radius 2 is 2.07 bits per heavy atom. The van der Waals surface area contributed by atoms with Crippen molar-refractivity contribution in [2.75, 3.05) is 26.8 Å². The van der Waals surface area contributed by atoms with Crippen LogP contribution in [0.4, 0.5) is 0 Å². The Morgan fingerprint density at radius 3 is 2.74 bits per heavy atom. The van der Waals surface area contributed by atoms with Crippen molar-refractivity contribution in [3.05, 3.63) is 34.5 Å². The highest BCUT2D eigenvalue weighted by atomic mass is 35.5. The van der Waals surface area contributed by atoms with E-state index >= 15 is 0 Å². The first kappa shape index (κ1) is 19.7. The minimum absolute atomic E-state index is 0.0111. The van der Waals surface area contributed by atoms with Gasteiger partial charge in [-0.1, -0.05) is 11.6 Å². The molecule has 0 spiro atoms. The van der Waals surface area contributed by atoms with Gasteiger partial charge in [0, 0.05) is 48.1 Å². The number of hydrogen-bond acceptors (Lipinski definition) is 3. The molecule has 0 bridgehead atoms. The molecular formula is C20H26ClN3O3. The number of carbonyl (C=O) groups is 2. The zero-order chi connectivity index (χ0) is 19.6. The highest BCUT2D eigenvalue weighted by Crippen LogP contribution is 2.27. The summed E-state index contributed by atoms with van der Waals surface area (Å²) in [4.78, 5) is 30.3. The summed E-state index contributed by atoms with van der Waals surface area (Å²) >= 11 is 6.07. The zero-order valence-corrected chi connectivity index (χ0v) is 16.7. The largest absolute Gasteiger partial charge is 0.383 e. The number of piperidine rings is 1. The predicted molar refractivity (Wildman–Crippen MR) is 106 cm³/mol. The molecule has 1 aromatic heterocycles. The van der Waals surface area contributed by atoms with E-state index < -0.39 is 0 Å². The summed E-state index contributed by atoms with van der Waals surface area (Å²) in [6, 6.07) is 5.56. The standard InChI is InChI=1S/C20H26ClN3O3/c1-12(11-27-3)22-19(25)14-6-8-24(9-7-14)20(26)18-13(2)16-10-15(21)4-5-17(16)23-18/h4-5,10,12,14,23H,6-9,11H2,1-3H3,(H,22,25)/t12-/m0/s1. The van der Waals surface area contributed by atoms with Gasteiger partial charge in [0.25, 0.3) is 5.91 Å². The van der Waals surface area contributed by atoms with Crippen LogP contribution in [0.3, 0.4) is 0 Å². The van der Waals surface area contributed by atoms with Gasteiger partial charge < -0.3 is 19.9 Å². The fourth-order valence-electron chi connectivity index (χ4n) is 3.67. The Balaban J connectivity index is 1.63. The molecule has 0 unspecified atom stereocenters. The number of carbonyl (C=O) groups excluding carboxylic acids is 2. The molecule has 2 N–H and O–H groups in total. The number of nitrogens with zero attached hydrogens (tertiary/aromatic N) is 1. The molecule has 27 heavy (non-hydrogen) atoms. The maximum atomic E-state index is 13.0. The van der Waals surface area contributed by atoms with E-state index in [1.165, 1.54) is 0 Å². The maximum Gasteiger partial charge on any atom is 0.270 e. The minimum Gasteiger partial charge on any atom is -0.383 e. The average Bonchev–Trinajstić information content (AvgIpc) is 2.97. The number of ether oxygens (including phenoxy) is 1. The first-order chi connectivity index (χ1) is 12.9. The number of aryl methyl sites for hydroxylation is 1. The molecule has 1 saturated heterocycles. The maximum absolute atomic E-state index is 13.0. The van der Waals surface area contributed by atoms with Crippen LogP contribution in [0.25, 0.3) is 10.9 Å². The summed E-state index contributed by atoms with van der Waals surface area (Å²) in [5, 5.41) is 4.59. The first-order valence-corrected chi connectivity index (χ1v) is 9.65. The third kappa shape index (κ3) is 4.28. The number of halogens is 1. The van der Waals surface area contributed by atoms with Crippen molar-refractivity contribution in [2.45, 2.75) is 32.7 Å². The molecule has 0 aliphatic carbocycles. The molecule has 1 aromatic carbocycles. The summed E-state index contributed by atoms with van der Waals surface area (Å²) < 4.78 is 5.05. The van der Waals surface area contributed by atoms with E-state index in [0.717, 1.165) is 16.5 Å². The number of H-pyrrole nitrogens is 1. The number of aromatic nitrogens is 1. The van der Waals surface area contributed by atoms with Crippen molar-refractivity contribution in [3.8, 4) is 0 Å². The molecular weight excluding hydrogens is 366 g/mol. The van der Waals surface area contributed by atoms with Crippen LogP contribution in [0.5, 0.6) is 0 Å². The SMILES string of the molecule is COC[C@H](C)NC(=O)C1CCN(C(=O)c2[nH]c3ccc(Cl)cc3c2C)CC1. The molecule has 0 saturated carbocycles. The van der Waals surface area contributed by atoms with Crippen LogP contribution in [0.2, 0.25) is 5.02 Å². The Hall–Kier alpha value is -2.05. The van der Waals surface area contributed by atoms with E-state index in [9.17, 15) is 9.59 Å². The molecule has 146 valence electrons. The van der Waals surface area contributed by atoms with Gasteiger partial charge in [0.15, 0.2) is 0 Å². The second kappa shape index (κ2) is 8.31. The van der Waals surface area contributed by atoms with Crippen LogP contribution in [-0.2, 0) is 9.53 Å². The van der Waals surface area contributed by atoms with Gasteiger partial charge in [-0.2, -0.15) is 0 Å². The van der Waals surface area contributed by atoms with Gasteiger partial charge in [0.05, 0.1) is 6.61 Å². The molecule has 7 heteroatoms. The number of benzene rings is 1. The zero-order valence-electron chi connectivity index (χ0n) is 16.0. The molecule has 1 fully saturated rings. The molecule has 2 heterocycles. The van der Waals surface area contributed by atoms with Crippen molar-refractivity contribution in [3.63, 3.8) is 0 Å². The fraction of sp³-hybridized carbons (Fsp3) is 0.500. The quantitative estimate of drug-likeness (QED) is 0.822. The van der Waals surface area contributed by atoms with Crippen molar-refractivity contribution >= 4 is 34.3 Å². The van der Waals surface area contributed by atoms with Crippen LogP contribution < -0.4 is 5.32 Å². The lowest BCUT2D eigenvalue weighted by atomic mass is 9.95. The van der Waals surface area contributed by atoms with E-state index in [1.807, 2.05) is 36.9 Å². The van der Waals surface area contributed by atoms with Gasteiger partial charge in [0.2, 0.25) is 5.91 Å². The number of nitrogens with one attached hydrogen (secondary N) is 2. The van der Waals surface area contributed by atoms with E-state index in [-0.39, 0.29) is 23.8 Å². The second-order valence-electron chi connectivity index (χ2n) is 7.25. The lowest BCUT2D eigenvalue weighted by molar-refractivity contribution is -0.127. The van der Waals surface area contributed by atoms with Gasteiger partial charge in [-0.25, -0.2) is 0 Å². The van der Waals surface area contributed by atoms with E-state index in [1.54, 1.807) is 7.11 Å². The van der Waals surface area contributed by atoms with Gasteiger partial charge in [-0.3, -0.25) is 9.59 Å². The Labute approximate surface area is 164 Å². The van der Waals surface area contributed by atoms with Crippen LogP contribution >= 0.6 is 11.6 Å². The molecule has 2 aromatic rings. The van der Waals surface area contributed by atoms with Crippen LogP contribution in [0.1, 0.15) is 35.8 Å². The van der Waals surface area contributed by atoms with Gasteiger partial charge in [-0.15, -0.1) is 0 Å². The van der Waals surface area contributed by atoms with Crippen molar-refractivity contribution in [1.29, 1.82) is 0 Å². The molecule has 3 rings (SSSR count). The summed E-state index contributed by atoms with van der Waals surface area (Å²) in [5.74, 6) is -0.0366. The highest BCUT2D eigenvalue weighted by Gasteiger charge is 2.29. The number of methoxy groups -OCH3 is 1. The summed E-state index contributed by atoms with van der Waals surface area (Å²) in [6.45, 7) is 5.49. The molecule has 1 aliphatic rings. The summed E-state index contributed by atoms with van der Waals surface area (Å²) in [5.41, 5.74) is 2.41. The van der Waals surface area contributed by atoms with E-state index in [0.29, 0.717) is 43.3 Å².